The van der Waals surface area contributed by atoms with E-state index in [0.717, 1.165) is 0 Å². The van der Waals surface area contributed by atoms with Gasteiger partial charge in [0, 0.05) is 0 Å². The molecule has 60 valence electrons. The van der Waals surface area contributed by atoms with Gasteiger partial charge in [0.1, 0.15) is 0 Å². The zero-order chi connectivity index (χ0) is 8.27. The zero-order valence-electron chi connectivity index (χ0n) is 6.32. The van der Waals surface area contributed by atoms with Crippen molar-refractivity contribution in [2.45, 2.75) is 11.7 Å². The Morgan fingerprint density at radius 2 is 2.55 bits per heavy atom. The maximum absolute atomic E-state index is 5.53. The summed E-state index contributed by atoms with van der Waals surface area (Å²) in [6.45, 7) is 4.19. The molecule has 0 amide bonds. The van der Waals surface area contributed by atoms with Crippen molar-refractivity contribution >= 4 is 17.7 Å². The summed E-state index contributed by atoms with van der Waals surface area (Å²) in [4.78, 5) is 3.99. The first-order valence-corrected chi connectivity index (χ1v) is 4.35. The average molecular weight is 170 g/mol. The number of nitrogens with two attached hydrogens (primary N) is 1. The van der Waals surface area contributed by atoms with Crippen molar-refractivity contribution < 1.29 is 0 Å². The van der Waals surface area contributed by atoms with E-state index in [1.165, 1.54) is 11.8 Å². The maximum Gasteiger partial charge on any atom is 0.219 e. The van der Waals surface area contributed by atoms with Crippen LogP contribution in [-0.4, -0.2) is 21.0 Å². The largest absolute Gasteiger partial charge is 0.368 e. The molecular formula is C6H10N4S. The number of aromatic nitrogens is 3. The second kappa shape index (κ2) is 3.43. The summed E-state index contributed by atoms with van der Waals surface area (Å²) in [5.74, 6) is 0.439. The lowest BCUT2D eigenvalue weighted by molar-refractivity contribution is 0.689. The fourth-order valence-corrected chi connectivity index (χ4v) is 1.04. The molecule has 1 aromatic rings. The van der Waals surface area contributed by atoms with Gasteiger partial charge in [0.2, 0.25) is 11.1 Å². The number of rotatable bonds is 3. The molecule has 0 saturated carbocycles. The Bertz CT molecular complexity index is 255. The Balaban J connectivity index is 2.87. The number of hydrogen-bond donors (Lipinski definition) is 1. The van der Waals surface area contributed by atoms with Gasteiger partial charge in [-0.3, -0.25) is 0 Å². The van der Waals surface area contributed by atoms with Gasteiger partial charge >= 0.3 is 0 Å². The summed E-state index contributed by atoms with van der Waals surface area (Å²) >= 11 is 1.47. The summed E-state index contributed by atoms with van der Waals surface area (Å²) in [6, 6.07) is 0. The number of anilines is 1. The molecule has 0 aromatic carbocycles. The quantitative estimate of drug-likeness (QED) is 0.537. The third-order valence-electron chi connectivity index (χ3n) is 1.17. The molecule has 11 heavy (non-hydrogen) atoms. The van der Waals surface area contributed by atoms with E-state index in [9.17, 15) is 0 Å². The van der Waals surface area contributed by atoms with Crippen LogP contribution in [0.4, 0.5) is 5.95 Å². The first kappa shape index (κ1) is 8.13. The Labute approximate surface area is 69.5 Å². The molecule has 0 aliphatic carbocycles. The topological polar surface area (TPSA) is 56.7 Å². The lowest BCUT2D eigenvalue weighted by Crippen LogP contribution is -2.02. The van der Waals surface area contributed by atoms with Crippen LogP contribution in [0.5, 0.6) is 0 Å². The van der Waals surface area contributed by atoms with Crippen molar-refractivity contribution in [1.82, 2.24) is 14.8 Å². The Morgan fingerprint density at radius 3 is 3.00 bits per heavy atom. The van der Waals surface area contributed by atoms with Gasteiger partial charge in [0.05, 0.1) is 6.54 Å². The molecule has 0 aliphatic heterocycles. The van der Waals surface area contributed by atoms with E-state index in [2.05, 4.69) is 16.7 Å². The molecule has 4 nitrogen and oxygen atoms in total. The highest BCUT2D eigenvalue weighted by Crippen LogP contribution is 2.10. The number of hydrogen-bond acceptors (Lipinski definition) is 4. The third kappa shape index (κ3) is 1.74. The molecule has 1 heterocycles. The van der Waals surface area contributed by atoms with Crippen LogP contribution in [0.25, 0.3) is 0 Å². The predicted octanol–water partition coefficient (Wildman–Crippen LogP) is 0.768. The molecule has 2 N–H and O–H groups in total. The molecule has 0 aliphatic rings. The van der Waals surface area contributed by atoms with E-state index < -0.39 is 0 Å². The SMILES string of the molecule is C=CCn1nc(SC)nc1N. The number of allylic oxidation sites excluding steroid dienone is 1. The molecular weight excluding hydrogens is 160 g/mol. The van der Waals surface area contributed by atoms with Crippen molar-refractivity contribution in [3.8, 4) is 0 Å². The molecule has 0 spiro atoms. The van der Waals surface area contributed by atoms with E-state index in [4.69, 9.17) is 5.73 Å². The minimum atomic E-state index is 0.439. The molecule has 0 unspecified atom stereocenters. The maximum atomic E-state index is 5.53. The highest BCUT2D eigenvalue weighted by Gasteiger charge is 2.02. The predicted molar refractivity (Wildman–Crippen MR) is 46.4 cm³/mol. The minimum Gasteiger partial charge on any atom is -0.368 e. The second-order valence-electron chi connectivity index (χ2n) is 1.93. The second-order valence-corrected chi connectivity index (χ2v) is 2.70. The molecule has 0 fully saturated rings. The standard InChI is InChI=1S/C6H10N4S/c1-3-4-10-5(7)8-6(9-10)11-2/h3H,1,4H2,2H3,(H2,7,8,9). The van der Waals surface area contributed by atoms with Gasteiger partial charge in [-0.2, -0.15) is 4.98 Å². The molecule has 0 saturated heterocycles. The summed E-state index contributed by atoms with van der Waals surface area (Å²) in [7, 11) is 0. The first-order chi connectivity index (χ1) is 5.27. The molecule has 0 atom stereocenters. The Hall–Kier alpha value is -0.970. The van der Waals surface area contributed by atoms with Crippen molar-refractivity contribution in [1.29, 1.82) is 0 Å². The van der Waals surface area contributed by atoms with E-state index in [0.29, 0.717) is 17.6 Å². The van der Waals surface area contributed by atoms with Gasteiger partial charge in [-0.25, -0.2) is 4.68 Å². The van der Waals surface area contributed by atoms with Crippen LogP contribution in [-0.2, 0) is 6.54 Å². The van der Waals surface area contributed by atoms with Gasteiger partial charge in [-0.15, -0.1) is 11.7 Å². The van der Waals surface area contributed by atoms with Crippen molar-refractivity contribution in [3.63, 3.8) is 0 Å². The fourth-order valence-electron chi connectivity index (χ4n) is 0.676. The highest BCUT2D eigenvalue weighted by molar-refractivity contribution is 7.98. The van der Waals surface area contributed by atoms with Crippen LogP contribution in [0.1, 0.15) is 0 Å². The number of thioether (sulfide) groups is 1. The van der Waals surface area contributed by atoms with E-state index >= 15 is 0 Å². The Morgan fingerprint density at radius 1 is 1.82 bits per heavy atom. The minimum absolute atomic E-state index is 0.439. The van der Waals surface area contributed by atoms with Crippen LogP contribution < -0.4 is 5.73 Å². The summed E-state index contributed by atoms with van der Waals surface area (Å²) in [5, 5.41) is 4.79. The molecule has 1 aromatic heterocycles. The summed E-state index contributed by atoms with van der Waals surface area (Å²) < 4.78 is 1.61. The van der Waals surface area contributed by atoms with Gasteiger partial charge in [0.15, 0.2) is 0 Å². The van der Waals surface area contributed by atoms with Crippen molar-refractivity contribution in [2.75, 3.05) is 12.0 Å². The first-order valence-electron chi connectivity index (χ1n) is 3.13. The number of nitrogens with zero attached hydrogens (tertiary/aromatic N) is 3. The van der Waals surface area contributed by atoms with Gasteiger partial charge in [0.25, 0.3) is 0 Å². The van der Waals surface area contributed by atoms with Crippen LogP contribution >= 0.6 is 11.8 Å². The lowest BCUT2D eigenvalue weighted by atomic mass is 10.6. The lowest BCUT2D eigenvalue weighted by Gasteiger charge is -1.93. The highest BCUT2D eigenvalue weighted by atomic mass is 32.2. The summed E-state index contributed by atoms with van der Waals surface area (Å²) in [5.41, 5.74) is 5.53. The third-order valence-corrected chi connectivity index (χ3v) is 1.70. The zero-order valence-corrected chi connectivity index (χ0v) is 7.14. The van der Waals surface area contributed by atoms with E-state index in [1.54, 1.807) is 10.8 Å². The molecule has 5 heteroatoms. The van der Waals surface area contributed by atoms with Gasteiger partial charge in [-0.1, -0.05) is 17.8 Å². The monoisotopic (exact) mass is 170 g/mol. The Kier molecular flexibility index (Phi) is 2.53. The molecule has 0 bridgehead atoms. The van der Waals surface area contributed by atoms with Crippen LogP contribution in [0, 0.1) is 0 Å². The van der Waals surface area contributed by atoms with Gasteiger partial charge < -0.3 is 5.73 Å². The van der Waals surface area contributed by atoms with Crippen molar-refractivity contribution in [3.05, 3.63) is 12.7 Å². The van der Waals surface area contributed by atoms with Crippen LogP contribution in [0.2, 0.25) is 0 Å². The molecule has 0 radical (unpaired) electrons. The van der Waals surface area contributed by atoms with Crippen LogP contribution in [0.3, 0.4) is 0 Å². The number of nitrogen functional groups attached to an aromatic ring is 1. The van der Waals surface area contributed by atoms with E-state index in [-0.39, 0.29) is 0 Å². The average Bonchev–Trinajstić information content (AvgIpc) is 2.33. The fraction of sp³-hybridized carbons (Fsp3) is 0.333. The summed E-state index contributed by atoms with van der Waals surface area (Å²) in [6.07, 6.45) is 3.64. The molecule has 1 rings (SSSR count). The smallest absolute Gasteiger partial charge is 0.219 e. The van der Waals surface area contributed by atoms with Crippen molar-refractivity contribution in [2.24, 2.45) is 0 Å². The normalized spacial score (nSPS) is 9.91. The van der Waals surface area contributed by atoms with Gasteiger partial charge in [-0.05, 0) is 6.26 Å². The van der Waals surface area contributed by atoms with E-state index in [1.807, 2.05) is 6.26 Å². The van der Waals surface area contributed by atoms with Crippen LogP contribution in [0.15, 0.2) is 17.8 Å².